The molecule has 0 aliphatic heterocycles. The average Bonchev–Trinajstić information content (AvgIpc) is 2.89. The van der Waals surface area contributed by atoms with E-state index in [4.69, 9.17) is 4.74 Å². The topological polar surface area (TPSA) is 106 Å². The summed E-state index contributed by atoms with van der Waals surface area (Å²) in [6.07, 6.45) is 1.39. The van der Waals surface area contributed by atoms with E-state index in [0.717, 1.165) is 0 Å². The number of aromatic amines is 1. The van der Waals surface area contributed by atoms with Crippen LogP contribution in [0, 0.1) is 10.1 Å². The fourth-order valence-corrected chi connectivity index (χ4v) is 1.41. The van der Waals surface area contributed by atoms with Crippen LogP contribution in [-0.4, -0.2) is 27.2 Å². The number of benzene rings is 1. The van der Waals surface area contributed by atoms with Crippen LogP contribution in [0.25, 0.3) is 0 Å². The minimum atomic E-state index is -0.470. The first-order valence-electron chi connectivity index (χ1n) is 5.10. The van der Waals surface area contributed by atoms with Crippen molar-refractivity contribution < 1.29 is 9.66 Å². The Kier molecular flexibility index (Phi) is 3.37. The fraction of sp³-hybridized carbons (Fsp3) is 0.200. The van der Waals surface area contributed by atoms with Crippen molar-refractivity contribution >= 4 is 11.4 Å². The third-order valence-electron chi connectivity index (χ3n) is 2.26. The van der Waals surface area contributed by atoms with Gasteiger partial charge in [-0.05, 0) is 0 Å². The van der Waals surface area contributed by atoms with Gasteiger partial charge in [0.15, 0.2) is 0 Å². The molecule has 8 heteroatoms. The van der Waals surface area contributed by atoms with Gasteiger partial charge in [-0.2, -0.15) is 5.10 Å². The molecule has 0 atom stereocenters. The molecular weight excluding hydrogens is 238 g/mol. The van der Waals surface area contributed by atoms with Crippen molar-refractivity contribution in [2.24, 2.45) is 0 Å². The van der Waals surface area contributed by atoms with Crippen molar-refractivity contribution in [3.8, 4) is 5.75 Å². The number of nitrogens with zero attached hydrogens (tertiary/aromatic N) is 3. The Morgan fingerprint density at radius 3 is 2.94 bits per heavy atom. The molecule has 0 unspecified atom stereocenters. The van der Waals surface area contributed by atoms with Crippen LogP contribution in [0.4, 0.5) is 11.4 Å². The molecule has 2 aromatic rings. The van der Waals surface area contributed by atoms with E-state index in [1.807, 2.05) is 0 Å². The highest BCUT2D eigenvalue weighted by molar-refractivity contribution is 5.56. The van der Waals surface area contributed by atoms with Crippen LogP contribution < -0.4 is 10.1 Å². The lowest BCUT2D eigenvalue weighted by molar-refractivity contribution is -0.384. The van der Waals surface area contributed by atoms with Gasteiger partial charge in [-0.3, -0.25) is 15.2 Å². The van der Waals surface area contributed by atoms with Gasteiger partial charge >= 0.3 is 0 Å². The van der Waals surface area contributed by atoms with Crippen LogP contribution in [0.1, 0.15) is 5.82 Å². The Morgan fingerprint density at radius 2 is 2.33 bits per heavy atom. The summed E-state index contributed by atoms with van der Waals surface area (Å²) in [5.74, 6) is 1.06. The van der Waals surface area contributed by atoms with Gasteiger partial charge in [-0.15, -0.1) is 0 Å². The second-order valence-electron chi connectivity index (χ2n) is 3.46. The van der Waals surface area contributed by atoms with Crippen LogP contribution in [-0.2, 0) is 6.54 Å². The molecule has 2 rings (SSSR count). The molecule has 18 heavy (non-hydrogen) atoms. The Balaban J connectivity index is 2.16. The summed E-state index contributed by atoms with van der Waals surface area (Å²) in [7, 11) is 1.46. The molecule has 0 saturated heterocycles. The van der Waals surface area contributed by atoms with Crippen LogP contribution in [0.5, 0.6) is 5.75 Å². The molecule has 0 radical (unpaired) electrons. The van der Waals surface area contributed by atoms with Crippen molar-refractivity contribution in [2.75, 3.05) is 12.4 Å². The molecule has 94 valence electrons. The third-order valence-corrected chi connectivity index (χ3v) is 2.26. The number of nitro benzene ring substituents is 1. The molecule has 0 amide bonds. The molecule has 0 aliphatic rings. The third kappa shape index (κ3) is 2.73. The zero-order valence-electron chi connectivity index (χ0n) is 9.58. The summed E-state index contributed by atoms with van der Waals surface area (Å²) >= 11 is 0. The Hall–Kier alpha value is -2.64. The first-order valence-corrected chi connectivity index (χ1v) is 5.10. The van der Waals surface area contributed by atoms with E-state index in [0.29, 0.717) is 23.8 Å². The lowest BCUT2D eigenvalue weighted by Crippen LogP contribution is -2.02. The van der Waals surface area contributed by atoms with Crippen LogP contribution in [0.15, 0.2) is 24.5 Å². The van der Waals surface area contributed by atoms with Gasteiger partial charge < -0.3 is 10.1 Å². The summed E-state index contributed by atoms with van der Waals surface area (Å²) in [5, 5.41) is 20.1. The highest BCUT2D eigenvalue weighted by Crippen LogP contribution is 2.25. The van der Waals surface area contributed by atoms with Gasteiger partial charge in [0, 0.05) is 17.8 Å². The number of hydrogen-bond acceptors (Lipinski definition) is 6. The molecule has 0 fully saturated rings. The molecule has 2 N–H and O–H groups in total. The number of anilines is 1. The molecule has 1 aromatic carbocycles. The Labute approximate surface area is 102 Å². The van der Waals surface area contributed by atoms with E-state index in [-0.39, 0.29) is 5.69 Å². The highest BCUT2D eigenvalue weighted by atomic mass is 16.6. The summed E-state index contributed by atoms with van der Waals surface area (Å²) in [5.41, 5.74) is 0.548. The summed E-state index contributed by atoms with van der Waals surface area (Å²) in [6.45, 7) is 0.393. The van der Waals surface area contributed by atoms with E-state index in [9.17, 15) is 10.1 Å². The first kappa shape index (κ1) is 11.8. The smallest absolute Gasteiger partial charge is 0.275 e. The summed E-state index contributed by atoms with van der Waals surface area (Å²) in [6, 6.07) is 4.46. The van der Waals surface area contributed by atoms with Crippen LogP contribution >= 0.6 is 0 Å². The number of rotatable bonds is 5. The predicted octanol–water partition coefficient (Wildman–Crippen LogP) is 1.33. The highest BCUT2D eigenvalue weighted by Gasteiger charge is 2.10. The maximum absolute atomic E-state index is 10.7. The maximum atomic E-state index is 10.7. The van der Waals surface area contributed by atoms with Crippen molar-refractivity contribution in [1.82, 2.24) is 15.2 Å². The number of hydrogen-bond donors (Lipinski definition) is 2. The molecule has 1 heterocycles. The molecule has 0 saturated carbocycles. The zero-order chi connectivity index (χ0) is 13.0. The van der Waals surface area contributed by atoms with Gasteiger partial charge in [-0.25, -0.2) is 4.98 Å². The van der Waals surface area contributed by atoms with Crippen LogP contribution in [0.2, 0.25) is 0 Å². The number of ether oxygens (including phenoxy) is 1. The predicted molar refractivity (Wildman–Crippen MR) is 63.4 cm³/mol. The van der Waals surface area contributed by atoms with E-state index in [2.05, 4.69) is 20.5 Å². The van der Waals surface area contributed by atoms with Gasteiger partial charge in [0.25, 0.3) is 5.69 Å². The number of H-pyrrole nitrogens is 1. The number of methoxy groups -OCH3 is 1. The first-order chi connectivity index (χ1) is 8.69. The van der Waals surface area contributed by atoms with Gasteiger partial charge in [0.05, 0.1) is 24.6 Å². The lowest BCUT2D eigenvalue weighted by Gasteiger charge is -2.06. The van der Waals surface area contributed by atoms with E-state index >= 15 is 0 Å². The molecule has 0 bridgehead atoms. The van der Waals surface area contributed by atoms with Crippen LogP contribution in [0.3, 0.4) is 0 Å². The SMILES string of the molecule is COc1cc(NCc2ncn[nH]2)cc([N+](=O)[O-])c1. The average molecular weight is 249 g/mol. The molecule has 0 spiro atoms. The summed E-state index contributed by atoms with van der Waals surface area (Å²) in [4.78, 5) is 14.2. The summed E-state index contributed by atoms with van der Waals surface area (Å²) < 4.78 is 5.00. The normalized spacial score (nSPS) is 10.1. The monoisotopic (exact) mass is 249 g/mol. The standard InChI is InChI=1S/C10H11N5O3/c1-18-9-3-7(2-8(4-9)15(16)17)11-5-10-12-6-13-14-10/h2-4,6,11H,5H2,1H3,(H,12,13,14). The molecule has 1 aromatic heterocycles. The second kappa shape index (κ2) is 5.13. The zero-order valence-corrected chi connectivity index (χ0v) is 9.58. The number of aromatic nitrogens is 3. The molecule has 8 nitrogen and oxygen atoms in total. The number of non-ortho nitro benzene ring substituents is 1. The molecular formula is C10H11N5O3. The molecule has 0 aliphatic carbocycles. The van der Waals surface area contributed by atoms with E-state index in [1.165, 1.54) is 25.6 Å². The van der Waals surface area contributed by atoms with E-state index in [1.54, 1.807) is 6.07 Å². The van der Waals surface area contributed by atoms with Gasteiger partial charge in [0.1, 0.15) is 17.9 Å². The van der Waals surface area contributed by atoms with Gasteiger partial charge in [0.2, 0.25) is 0 Å². The minimum Gasteiger partial charge on any atom is -0.496 e. The van der Waals surface area contributed by atoms with Crippen molar-refractivity contribution in [2.45, 2.75) is 6.54 Å². The Morgan fingerprint density at radius 1 is 1.50 bits per heavy atom. The lowest BCUT2D eigenvalue weighted by atomic mass is 10.2. The number of nitro groups is 1. The van der Waals surface area contributed by atoms with Crippen molar-refractivity contribution in [3.63, 3.8) is 0 Å². The minimum absolute atomic E-state index is 0.0329. The fourth-order valence-electron chi connectivity index (χ4n) is 1.41. The van der Waals surface area contributed by atoms with Gasteiger partial charge in [-0.1, -0.05) is 0 Å². The van der Waals surface area contributed by atoms with E-state index < -0.39 is 4.92 Å². The largest absolute Gasteiger partial charge is 0.496 e. The Bertz CT molecular complexity index is 540. The second-order valence-corrected chi connectivity index (χ2v) is 3.46. The quantitative estimate of drug-likeness (QED) is 0.611. The number of nitrogens with one attached hydrogen (secondary N) is 2. The maximum Gasteiger partial charge on any atom is 0.275 e. The van der Waals surface area contributed by atoms with Crippen molar-refractivity contribution in [1.29, 1.82) is 0 Å². The van der Waals surface area contributed by atoms with Crippen molar-refractivity contribution in [3.05, 3.63) is 40.5 Å².